The van der Waals surface area contributed by atoms with E-state index in [0.717, 1.165) is 17.9 Å². The van der Waals surface area contributed by atoms with Gasteiger partial charge in [0.15, 0.2) is 9.04 Å². The number of hydrogen-bond acceptors (Lipinski definition) is 3. The number of amides is 1. The Kier molecular flexibility index (Phi) is 4.73. The van der Waals surface area contributed by atoms with Crippen molar-refractivity contribution in [2.24, 2.45) is 5.41 Å². The zero-order valence-electron chi connectivity index (χ0n) is 13.5. The molecule has 0 saturated carbocycles. The van der Waals surface area contributed by atoms with E-state index in [-0.39, 0.29) is 17.4 Å². The molecular weight excluding hydrogens is 282 g/mol. The van der Waals surface area contributed by atoms with Gasteiger partial charge >= 0.3 is 0 Å². The number of hydrogen-bond donors (Lipinski definition) is 1. The summed E-state index contributed by atoms with van der Waals surface area (Å²) >= 11 is 0. The van der Waals surface area contributed by atoms with Crippen molar-refractivity contribution < 1.29 is 14.0 Å². The molecule has 1 N–H and O–H groups in total. The highest BCUT2D eigenvalue weighted by atomic mass is 28.3. The fraction of sp³-hybridized carbons (Fsp3) is 0.562. The molecule has 0 spiro atoms. The molecule has 5 heteroatoms. The molecular formula is C16H25NO3Si. The average Bonchev–Trinajstić information content (AvgIpc) is 2.34. The highest BCUT2D eigenvalue weighted by Crippen LogP contribution is 2.33. The van der Waals surface area contributed by atoms with Gasteiger partial charge in [-0.15, -0.1) is 0 Å². The second-order valence-corrected chi connectivity index (χ2v) is 9.38. The van der Waals surface area contributed by atoms with Gasteiger partial charge in [-0.2, -0.15) is 0 Å². The first kappa shape index (κ1) is 16.0. The van der Waals surface area contributed by atoms with E-state index in [0.29, 0.717) is 0 Å². The second-order valence-electron chi connectivity index (χ2n) is 7.01. The molecule has 0 saturated heterocycles. The number of carbonyl (C=O) groups excluding carboxylic acids is 1. The lowest BCUT2D eigenvalue weighted by Gasteiger charge is -2.35. The minimum absolute atomic E-state index is 0.0779. The van der Waals surface area contributed by atoms with Crippen molar-refractivity contribution in [2.75, 3.05) is 5.32 Å². The van der Waals surface area contributed by atoms with E-state index >= 15 is 0 Å². The van der Waals surface area contributed by atoms with Gasteiger partial charge in [-0.25, -0.2) is 0 Å². The van der Waals surface area contributed by atoms with Crippen molar-refractivity contribution in [3.63, 3.8) is 0 Å². The zero-order chi connectivity index (χ0) is 15.6. The van der Waals surface area contributed by atoms with Crippen LogP contribution in [0.15, 0.2) is 24.3 Å². The molecule has 0 fully saturated rings. The van der Waals surface area contributed by atoms with Crippen LogP contribution >= 0.6 is 0 Å². The molecule has 1 aromatic carbocycles. The molecule has 1 amide bonds. The molecule has 1 aliphatic heterocycles. The summed E-state index contributed by atoms with van der Waals surface area (Å²) in [5.74, 6) is 0.604. The van der Waals surface area contributed by atoms with Crippen LogP contribution in [0.2, 0.25) is 13.1 Å². The van der Waals surface area contributed by atoms with E-state index < -0.39 is 15.1 Å². The summed E-state index contributed by atoms with van der Waals surface area (Å²) in [7, 11) is -1.26. The van der Waals surface area contributed by atoms with Gasteiger partial charge in [0.1, 0.15) is 5.75 Å². The highest BCUT2D eigenvalue weighted by molar-refractivity contribution is 6.48. The molecule has 0 aromatic heterocycles. The van der Waals surface area contributed by atoms with Gasteiger partial charge in [0, 0.05) is 0 Å². The molecule has 1 aromatic rings. The first-order chi connectivity index (χ1) is 9.76. The number of rotatable bonds is 4. The van der Waals surface area contributed by atoms with E-state index in [9.17, 15) is 4.79 Å². The topological polar surface area (TPSA) is 47.6 Å². The third-order valence-corrected chi connectivity index (χ3v) is 4.15. The molecule has 0 bridgehead atoms. The maximum absolute atomic E-state index is 12.4. The van der Waals surface area contributed by atoms with Crippen LogP contribution in [0.4, 0.5) is 5.69 Å². The predicted octanol–water partition coefficient (Wildman–Crippen LogP) is 3.19. The second kappa shape index (κ2) is 6.20. The summed E-state index contributed by atoms with van der Waals surface area (Å²) in [6.07, 6.45) is 0.0115. The van der Waals surface area contributed by atoms with Gasteiger partial charge < -0.3 is 14.5 Å². The van der Waals surface area contributed by atoms with Crippen molar-refractivity contribution in [1.29, 1.82) is 0 Å². The van der Waals surface area contributed by atoms with Crippen molar-refractivity contribution in [1.82, 2.24) is 0 Å². The van der Waals surface area contributed by atoms with E-state index in [1.807, 2.05) is 24.3 Å². The van der Waals surface area contributed by atoms with Gasteiger partial charge in [0.05, 0.1) is 11.8 Å². The summed E-state index contributed by atoms with van der Waals surface area (Å²) in [5.41, 5.74) is 0.809. The van der Waals surface area contributed by atoms with Gasteiger partial charge in [-0.3, -0.25) is 4.79 Å². The molecule has 1 heterocycles. The molecule has 0 radical (unpaired) electrons. The van der Waals surface area contributed by atoms with Crippen molar-refractivity contribution in [2.45, 2.75) is 52.5 Å². The average molecular weight is 307 g/mol. The van der Waals surface area contributed by atoms with Crippen LogP contribution in [0.25, 0.3) is 0 Å². The van der Waals surface area contributed by atoms with Gasteiger partial charge in [0.2, 0.25) is 6.10 Å². The molecule has 2 rings (SSSR count). The fourth-order valence-electron chi connectivity index (χ4n) is 2.49. The zero-order valence-corrected chi connectivity index (χ0v) is 14.6. The molecule has 4 nitrogen and oxygen atoms in total. The number of benzene rings is 1. The Morgan fingerprint density at radius 1 is 1.33 bits per heavy atom. The van der Waals surface area contributed by atoms with Gasteiger partial charge in [-0.1, -0.05) is 32.9 Å². The third-order valence-electron chi connectivity index (χ3n) is 3.26. The first-order valence-electron chi connectivity index (χ1n) is 7.48. The molecule has 116 valence electrons. The maximum Gasteiger partial charge on any atom is 0.268 e. The summed E-state index contributed by atoms with van der Waals surface area (Å²) in [5, 5.41) is 2.92. The van der Waals surface area contributed by atoms with E-state index in [1.165, 1.54) is 0 Å². The lowest BCUT2D eigenvalue weighted by Crippen LogP contribution is -2.49. The Morgan fingerprint density at radius 3 is 2.62 bits per heavy atom. The van der Waals surface area contributed by atoms with E-state index in [4.69, 9.17) is 9.16 Å². The quantitative estimate of drug-likeness (QED) is 0.869. The van der Waals surface area contributed by atoms with E-state index in [2.05, 4.69) is 39.2 Å². The monoisotopic (exact) mass is 307 g/mol. The van der Waals surface area contributed by atoms with E-state index in [1.54, 1.807) is 0 Å². The Morgan fingerprint density at radius 2 is 2.00 bits per heavy atom. The van der Waals surface area contributed by atoms with Crippen LogP contribution in [0.5, 0.6) is 5.75 Å². The number of fused-ring (bicyclic) bond motifs is 1. The SMILES string of the molecule is C[SiH](C)OC(CC(C)(C)C)C1Oc2ccccc2NC1=O. The highest BCUT2D eigenvalue weighted by Gasteiger charge is 2.37. The fourth-order valence-corrected chi connectivity index (χ4v) is 3.43. The molecule has 0 aliphatic carbocycles. The van der Waals surface area contributed by atoms with Crippen LogP contribution in [0.1, 0.15) is 27.2 Å². The van der Waals surface area contributed by atoms with Crippen LogP contribution in [0, 0.1) is 5.41 Å². The molecule has 1 aliphatic rings. The number of nitrogens with one attached hydrogen (secondary N) is 1. The minimum atomic E-state index is -1.26. The lowest BCUT2D eigenvalue weighted by atomic mass is 9.87. The van der Waals surface area contributed by atoms with Crippen molar-refractivity contribution in [3.05, 3.63) is 24.3 Å². The molecule has 2 unspecified atom stereocenters. The van der Waals surface area contributed by atoms with Crippen molar-refractivity contribution >= 4 is 20.6 Å². The summed E-state index contributed by atoms with van der Waals surface area (Å²) in [6.45, 7) is 10.7. The number of para-hydroxylation sites is 2. The van der Waals surface area contributed by atoms with Crippen LogP contribution in [0.3, 0.4) is 0 Å². The number of ether oxygens (including phenoxy) is 1. The lowest BCUT2D eigenvalue weighted by molar-refractivity contribution is -0.128. The summed E-state index contributed by atoms with van der Waals surface area (Å²) in [6, 6.07) is 7.51. The summed E-state index contributed by atoms with van der Waals surface area (Å²) in [4.78, 5) is 12.4. The summed E-state index contributed by atoms with van der Waals surface area (Å²) < 4.78 is 12.0. The minimum Gasteiger partial charge on any atom is -0.476 e. The Labute approximate surface area is 128 Å². The smallest absolute Gasteiger partial charge is 0.268 e. The predicted molar refractivity (Wildman–Crippen MR) is 87.3 cm³/mol. The maximum atomic E-state index is 12.4. The van der Waals surface area contributed by atoms with Gasteiger partial charge in [-0.05, 0) is 37.1 Å². The van der Waals surface area contributed by atoms with Gasteiger partial charge in [0.25, 0.3) is 5.91 Å². The Balaban J connectivity index is 2.22. The Hall–Kier alpha value is -1.33. The van der Waals surface area contributed by atoms with Crippen LogP contribution in [-0.4, -0.2) is 27.2 Å². The standard InChI is InChI=1S/C16H25NO3Si/c1-16(2,3)10-13(20-21(4)5)14-15(18)17-11-8-6-7-9-12(11)19-14/h6-9,13-14,21H,10H2,1-5H3,(H,17,18). The number of anilines is 1. The normalized spacial score (nSPS) is 19.7. The number of carbonyl (C=O) groups is 1. The van der Waals surface area contributed by atoms with Crippen LogP contribution < -0.4 is 10.1 Å². The first-order valence-corrected chi connectivity index (χ1v) is 10.3. The van der Waals surface area contributed by atoms with Crippen LogP contribution in [-0.2, 0) is 9.22 Å². The molecule has 2 atom stereocenters. The third kappa shape index (κ3) is 4.31. The largest absolute Gasteiger partial charge is 0.476 e. The Bertz CT molecular complexity index is 510. The molecule has 21 heavy (non-hydrogen) atoms. The van der Waals surface area contributed by atoms with Crippen molar-refractivity contribution in [3.8, 4) is 5.75 Å².